The fourth-order valence-electron chi connectivity index (χ4n) is 3.01. The quantitative estimate of drug-likeness (QED) is 0.442. The van der Waals surface area contributed by atoms with E-state index in [1.54, 1.807) is 41.5 Å². The van der Waals surface area contributed by atoms with Crippen LogP contribution in [0.3, 0.4) is 0 Å². The third-order valence-corrected chi connectivity index (χ3v) is 5.22. The van der Waals surface area contributed by atoms with Crippen molar-refractivity contribution in [1.29, 1.82) is 0 Å². The second kappa shape index (κ2) is 8.47. The molecule has 2 heterocycles. The van der Waals surface area contributed by atoms with Crippen molar-refractivity contribution in [3.8, 4) is 11.4 Å². The van der Waals surface area contributed by atoms with Gasteiger partial charge in [0.05, 0.1) is 34.6 Å². The molecule has 0 radical (unpaired) electrons. The molecular weight excluding hydrogens is 402 g/mol. The van der Waals surface area contributed by atoms with Crippen molar-refractivity contribution in [3.63, 3.8) is 0 Å². The lowest BCUT2D eigenvalue weighted by molar-refractivity contribution is 0.102. The van der Waals surface area contributed by atoms with Gasteiger partial charge in [-0.05, 0) is 68.4 Å². The lowest BCUT2D eigenvalue weighted by atomic mass is 10.2. The molecule has 0 atom stereocenters. The summed E-state index contributed by atoms with van der Waals surface area (Å²) in [4.78, 5) is 12.5. The minimum atomic E-state index is -0.196. The number of aromatic nitrogens is 2. The van der Waals surface area contributed by atoms with Gasteiger partial charge >= 0.3 is 0 Å². The maximum Gasteiger partial charge on any atom is 0.255 e. The Kier molecular flexibility index (Phi) is 5.59. The Labute approximate surface area is 179 Å². The standard InChI is InChI=1S/C23H20ClN3O3/c1-15-22(24)16(2)27(26-15)20-7-5-19(6-8-20)25-23(28)18-3-9-21(10-4-18)30-14-17-11-12-29-13-17/h3-13H,14H2,1-2H3,(H,25,28). The van der Waals surface area contributed by atoms with Gasteiger partial charge in [0.25, 0.3) is 5.91 Å². The van der Waals surface area contributed by atoms with Crippen molar-refractivity contribution in [3.05, 3.63) is 94.7 Å². The van der Waals surface area contributed by atoms with Gasteiger partial charge in [-0.1, -0.05) is 11.6 Å². The van der Waals surface area contributed by atoms with Crippen LogP contribution in [0.2, 0.25) is 5.02 Å². The molecule has 1 N–H and O–H groups in total. The monoisotopic (exact) mass is 421 g/mol. The van der Waals surface area contributed by atoms with Gasteiger partial charge in [-0.25, -0.2) is 4.68 Å². The summed E-state index contributed by atoms with van der Waals surface area (Å²) in [6, 6.07) is 16.3. The smallest absolute Gasteiger partial charge is 0.255 e. The fourth-order valence-corrected chi connectivity index (χ4v) is 3.13. The van der Waals surface area contributed by atoms with Crippen LogP contribution < -0.4 is 10.1 Å². The molecule has 0 spiro atoms. The Morgan fingerprint density at radius 1 is 1.10 bits per heavy atom. The highest BCUT2D eigenvalue weighted by molar-refractivity contribution is 6.31. The van der Waals surface area contributed by atoms with Crippen molar-refractivity contribution >= 4 is 23.2 Å². The van der Waals surface area contributed by atoms with Gasteiger partial charge in [0, 0.05) is 16.8 Å². The molecule has 7 heteroatoms. The van der Waals surface area contributed by atoms with Crippen LogP contribution in [0.5, 0.6) is 5.75 Å². The van der Waals surface area contributed by atoms with E-state index < -0.39 is 0 Å². The number of nitrogens with one attached hydrogen (secondary N) is 1. The van der Waals surface area contributed by atoms with E-state index in [4.69, 9.17) is 20.8 Å². The second-order valence-electron chi connectivity index (χ2n) is 6.84. The van der Waals surface area contributed by atoms with Crippen molar-refractivity contribution in [1.82, 2.24) is 9.78 Å². The summed E-state index contributed by atoms with van der Waals surface area (Å²) in [5, 5.41) is 7.99. The molecule has 0 aliphatic rings. The number of nitrogens with zero attached hydrogens (tertiary/aromatic N) is 2. The molecule has 2 aromatic carbocycles. The number of hydrogen-bond donors (Lipinski definition) is 1. The summed E-state index contributed by atoms with van der Waals surface area (Å²) in [6.07, 6.45) is 3.24. The first kappa shape index (κ1) is 19.8. The lowest BCUT2D eigenvalue weighted by Crippen LogP contribution is -2.12. The van der Waals surface area contributed by atoms with Crippen LogP contribution in [0.1, 0.15) is 27.3 Å². The van der Waals surface area contributed by atoms with Gasteiger partial charge in [0.15, 0.2) is 0 Å². The van der Waals surface area contributed by atoms with Gasteiger partial charge in [0.2, 0.25) is 0 Å². The second-order valence-corrected chi connectivity index (χ2v) is 7.22. The largest absolute Gasteiger partial charge is 0.489 e. The zero-order valence-electron chi connectivity index (χ0n) is 16.6. The molecule has 2 aromatic heterocycles. The molecule has 4 aromatic rings. The molecule has 1 amide bonds. The number of hydrogen-bond acceptors (Lipinski definition) is 4. The highest BCUT2D eigenvalue weighted by Crippen LogP contribution is 2.23. The zero-order valence-corrected chi connectivity index (χ0v) is 17.3. The summed E-state index contributed by atoms with van der Waals surface area (Å²) in [5.74, 6) is 0.485. The van der Waals surface area contributed by atoms with Crippen LogP contribution >= 0.6 is 11.6 Å². The number of amides is 1. The first-order chi connectivity index (χ1) is 14.5. The van der Waals surface area contributed by atoms with Gasteiger partial charge < -0.3 is 14.5 Å². The highest BCUT2D eigenvalue weighted by atomic mass is 35.5. The average Bonchev–Trinajstić information content (AvgIpc) is 3.37. The number of carbonyl (C=O) groups excluding carboxylic acids is 1. The van der Waals surface area contributed by atoms with Crippen LogP contribution in [-0.4, -0.2) is 15.7 Å². The average molecular weight is 422 g/mol. The number of carbonyl (C=O) groups is 1. The molecule has 152 valence electrons. The summed E-state index contributed by atoms with van der Waals surface area (Å²) in [5.41, 5.74) is 4.71. The molecule has 0 bridgehead atoms. The van der Waals surface area contributed by atoms with Crippen molar-refractivity contribution < 1.29 is 13.9 Å². The topological polar surface area (TPSA) is 69.3 Å². The van der Waals surface area contributed by atoms with Crippen molar-refractivity contribution in [2.24, 2.45) is 0 Å². The summed E-state index contributed by atoms with van der Waals surface area (Å²) < 4.78 is 12.5. The number of rotatable bonds is 6. The molecule has 0 unspecified atom stereocenters. The molecule has 0 saturated heterocycles. The zero-order chi connectivity index (χ0) is 21.1. The summed E-state index contributed by atoms with van der Waals surface area (Å²) in [6.45, 7) is 4.20. The molecule has 0 fully saturated rings. The van der Waals surface area contributed by atoms with E-state index in [1.165, 1.54) is 0 Å². The number of aryl methyl sites for hydroxylation is 1. The number of furan rings is 1. The highest BCUT2D eigenvalue weighted by Gasteiger charge is 2.11. The van der Waals surface area contributed by atoms with E-state index in [2.05, 4.69) is 10.4 Å². The predicted molar refractivity (Wildman–Crippen MR) is 115 cm³/mol. The van der Waals surface area contributed by atoms with E-state index >= 15 is 0 Å². The maximum atomic E-state index is 12.5. The predicted octanol–water partition coefficient (Wildman–Crippen LogP) is 5.57. The first-order valence-corrected chi connectivity index (χ1v) is 9.76. The Morgan fingerprint density at radius 2 is 1.83 bits per heavy atom. The van der Waals surface area contributed by atoms with Crippen molar-refractivity contribution in [2.45, 2.75) is 20.5 Å². The molecule has 4 rings (SSSR count). The normalized spacial score (nSPS) is 10.8. The number of anilines is 1. The molecular formula is C23H20ClN3O3. The van der Waals surface area contributed by atoms with Crippen molar-refractivity contribution in [2.75, 3.05) is 5.32 Å². The first-order valence-electron chi connectivity index (χ1n) is 9.39. The molecule has 0 aliphatic heterocycles. The lowest BCUT2D eigenvalue weighted by Gasteiger charge is -2.09. The number of halogens is 1. The SMILES string of the molecule is Cc1nn(-c2ccc(NC(=O)c3ccc(OCc4ccoc4)cc3)cc2)c(C)c1Cl. The maximum absolute atomic E-state index is 12.5. The molecule has 0 aliphatic carbocycles. The molecule has 30 heavy (non-hydrogen) atoms. The van der Waals surface area contributed by atoms with Gasteiger partial charge in [-0.3, -0.25) is 4.79 Å². The third kappa shape index (κ3) is 4.23. The fraction of sp³-hybridized carbons (Fsp3) is 0.130. The van der Waals surface area contributed by atoms with E-state index in [0.29, 0.717) is 28.6 Å². The van der Waals surface area contributed by atoms with Crippen LogP contribution in [0.25, 0.3) is 5.69 Å². The number of ether oxygens (including phenoxy) is 1. The Bertz CT molecular complexity index is 1150. The summed E-state index contributed by atoms with van der Waals surface area (Å²) in [7, 11) is 0. The molecule has 6 nitrogen and oxygen atoms in total. The Hall–Kier alpha value is -3.51. The Morgan fingerprint density at radius 3 is 2.43 bits per heavy atom. The van der Waals surface area contributed by atoms with E-state index in [1.807, 2.05) is 44.2 Å². The van der Waals surface area contributed by atoms with Crippen LogP contribution in [0.4, 0.5) is 5.69 Å². The molecule has 0 saturated carbocycles. The van der Waals surface area contributed by atoms with E-state index in [9.17, 15) is 4.79 Å². The van der Waals surface area contributed by atoms with E-state index in [-0.39, 0.29) is 5.91 Å². The van der Waals surface area contributed by atoms with Gasteiger partial charge in [-0.2, -0.15) is 5.10 Å². The summed E-state index contributed by atoms with van der Waals surface area (Å²) >= 11 is 6.22. The van der Waals surface area contributed by atoms with E-state index in [0.717, 1.165) is 22.6 Å². The van der Waals surface area contributed by atoms with Gasteiger partial charge in [-0.15, -0.1) is 0 Å². The minimum absolute atomic E-state index is 0.196. The third-order valence-electron chi connectivity index (χ3n) is 4.67. The van der Waals surface area contributed by atoms with Crippen LogP contribution in [0.15, 0.2) is 71.5 Å². The van der Waals surface area contributed by atoms with Gasteiger partial charge in [0.1, 0.15) is 12.4 Å². The number of benzene rings is 2. The Balaban J connectivity index is 1.39. The van der Waals surface area contributed by atoms with Crippen LogP contribution in [-0.2, 0) is 6.61 Å². The minimum Gasteiger partial charge on any atom is -0.489 e. The van der Waals surface area contributed by atoms with Crippen LogP contribution in [0, 0.1) is 13.8 Å².